The molecule has 0 saturated carbocycles. The highest BCUT2D eigenvalue weighted by Gasteiger charge is 2.32. The number of nitrogen functional groups attached to an aromatic ring is 1. The molecule has 0 amide bonds. The van der Waals surface area contributed by atoms with Crippen LogP contribution in [-0.2, 0) is 5.88 Å². The van der Waals surface area contributed by atoms with Gasteiger partial charge in [-0.15, -0.1) is 24.8 Å². The van der Waals surface area contributed by atoms with Gasteiger partial charge in [-0.25, -0.2) is 4.39 Å². The first-order chi connectivity index (χ1) is 6.83. The number of rotatable bonds is 2. The monoisotopic (exact) mass is 243 g/mol. The van der Waals surface area contributed by atoms with Crippen molar-refractivity contribution in [3.05, 3.63) is 23.5 Å². The summed E-state index contributed by atoms with van der Waals surface area (Å²) in [6, 6.07) is 1.89. The second kappa shape index (κ2) is 4.14. The molecule has 1 aromatic rings. The van der Waals surface area contributed by atoms with Crippen LogP contribution in [0.5, 0.6) is 5.75 Å². The molecule has 0 aliphatic rings. The van der Waals surface area contributed by atoms with Crippen molar-refractivity contribution in [2.45, 2.75) is 12.2 Å². The van der Waals surface area contributed by atoms with Gasteiger partial charge in [0.1, 0.15) is 11.5 Å². The maximum atomic E-state index is 13.0. The zero-order chi connectivity index (χ0) is 11.6. The molecule has 0 radical (unpaired) electrons. The molecule has 1 aromatic carbocycles. The van der Waals surface area contributed by atoms with Crippen molar-refractivity contribution in [3.8, 4) is 5.75 Å². The van der Waals surface area contributed by atoms with E-state index >= 15 is 0 Å². The number of alkyl halides is 4. The highest BCUT2D eigenvalue weighted by Crippen LogP contribution is 2.31. The fourth-order valence-corrected chi connectivity index (χ4v) is 1.09. The third kappa shape index (κ3) is 3.16. The van der Waals surface area contributed by atoms with Crippen molar-refractivity contribution in [1.82, 2.24) is 0 Å². The van der Waals surface area contributed by atoms with Gasteiger partial charge < -0.3 is 10.5 Å². The van der Waals surface area contributed by atoms with E-state index in [1.54, 1.807) is 0 Å². The molecule has 2 nitrogen and oxygen atoms in total. The molecule has 0 atom stereocenters. The number of hydrogen-bond donors (Lipinski definition) is 1. The Morgan fingerprint density at radius 1 is 1.33 bits per heavy atom. The molecule has 7 heteroatoms. The van der Waals surface area contributed by atoms with Crippen LogP contribution in [-0.4, -0.2) is 6.36 Å². The average Bonchev–Trinajstić information content (AvgIpc) is 2.10. The quantitative estimate of drug-likeness (QED) is 0.492. The maximum absolute atomic E-state index is 13.0. The number of nitrogens with two attached hydrogens (primary N) is 1. The second-order valence-corrected chi connectivity index (χ2v) is 2.94. The summed E-state index contributed by atoms with van der Waals surface area (Å²) in [7, 11) is 0. The molecule has 0 aromatic heterocycles. The minimum absolute atomic E-state index is 0.134. The van der Waals surface area contributed by atoms with Crippen LogP contribution >= 0.6 is 11.6 Å². The first-order valence-corrected chi connectivity index (χ1v) is 4.26. The molecule has 0 bridgehead atoms. The first-order valence-electron chi connectivity index (χ1n) is 3.73. The summed E-state index contributed by atoms with van der Waals surface area (Å²) < 4.78 is 52.1. The van der Waals surface area contributed by atoms with Gasteiger partial charge in [-0.05, 0) is 17.7 Å². The first kappa shape index (κ1) is 11.9. The zero-order valence-electron chi connectivity index (χ0n) is 7.24. The molecule has 0 spiro atoms. The van der Waals surface area contributed by atoms with E-state index in [0.717, 1.165) is 12.1 Å². The van der Waals surface area contributed by atoms with E-state index in [-0.39, 0.29) is 11.4 Å². The van der Waals surface area contributed by atoms with Crippen LogP contribution in [0.25, 0.3) is 0 Å². The molecule has 0 fully saturated rings. The number of anilines is 1. The van der Waals surface area contributed by atoms with E-state index in [2.05, 4.69) is 4.74 Å². The number of halogens is 5. The van der Waals surface area contributed by atoms with Crippen molar-refractivity contribution in [3.63, 3.8) is 0 Å². The molecule has 0 unspecified atom stereocenters. The fraction of sp³-hybridized carbons (Fsp3) is 0.250. The van der Waals surface area contributed by atoms with E-state index in [4.69, 9.17) is 17.3 Å². The van der Waals surface area contributed by atoms with Crippen LogP contribution in [0.4, 0.5) is 23.2 Å². The topological polar surface area (TPSA) is 35.2 Å². The molecular weight excluding hydrogens is 238 g/mol. The summed E-state index contributed by atoms with van der Waals surface area (Å²) in [5.74, 6) is -1.91. The Hall–Kier alpha value is -1.17. The minimum Gasteiger partial charge on any atom is -0.403 e. The molecule has 0 heterocycles. The van der Waals surface area contributed by atoms with Crippen LogP contribution < -0.4 is 10.5 Å². The summed E-state index contributed by atoms with van der Waals surface area (Å²) in [4.78, 5) is 0. The van der Waals surface area contributed by atoms with Crippen molar-refractivity contribution in [2.24, 2.45) is 0 Å². The van der Waals surface area contributed by atoms with Gasteiger partial charge in [-0.3, -0.25) is 0 Å². The molecule has 0 aliphatic heterocycles. The normalized spacial score (nSPS) is 11.5. The Labute approximate surface area is 87.6 Å². The van der Waals surface area contributed by atoms with Gasteiger partial charge in [0.25, 0.3) is 0 Å². The Morgan fingerprint density at radius 3 is 2.40 bits per heavy atom. The molecule has 15 heavy (non-hydrogen) atoms. The second-order valence-electron chi connectivity index (χ2n) is 2.67. The van der Waals surface area contributed by atoms with Crippen molar-refractivity contribution >= 4 is 17.3 Å². The zero-order valence-corrected chi connectivity index (χ0v) is 7.99. The van der Waals surface area contributed by atoms with Crippen molar-refractivity contribution in [1.29, 1.82) is 0 Å². The van der Waals surface area contributed by atoms with Gasteiger partial charge in [0.05, 0.1) is 0 Å². The third-order valence-corrected chi connectivity index (χ3v) is 1.84. The number of ether oxygens (including phenoxy) is 1. The average molecular weight is 244 g/mol. The highest BCUT2D eigenvalue weighted by atomic mass is 35.5. The lowest BCUT2D eigenvalue weighted by molar-refractivity contribution is -0.274. The highest BCUT2D eigenvalue weighted by molar-refractivity contribution is 6.17. The lowest BCUT2D eigenvalue weighted by Crippen LogP contribution is -2.18. The van der Waals surface area contributed by atoms with Gasteiger partial charge in [0.2, 0.25) is 0 Å². The maximum Gasteiger partial charge on any atom is 0.573 e. The Kier molecular flexibility index (Phi) is 3.28. The molecule has 84 valence electrons. The van der Waals surface area contributed by atoms with E-state index in [9.17, 15) is 17.6 Å². The van der Waals surface area contributed by atoms with Crippen LogP contribution in [0.3, 0.4) is 0 Å². The van der Waals surface area contributed by atoms with Crippen molar-refractivity contribution in [2.75, 3.05) is 5.73 Å². The molecule has 0 aliphatic carbocycles. The molecule has 0 saturated heterocycles. The summed E-state index contributed by atoms with van der Waals surface area (Å²) in [5, 5.41) is 0. The Bertz CT molecular complexity index is 366. The Balaban J connectivity index is 3.11. The summed E-state index contributed by atoms with van der Waals surface area (Å²) >= 11 is 5.35. The summed E-state index contributed by atoms with van der Waals surface area (Å²) in [6.07, 6.45) is -4.91. The predicted octanol–water partition coefficient (Wildman–Crippen LogP) is 3.05. The number of hydrogen-bond acceptors (Lipinski definition) is 2. The molecular formula is C8H6ClF4NO. The van der Waals surface area contributed by atoms with Crippen LogP contribution in [0, 0.1) is 5.82 Å². The van der Waals surface area contributed by atoms with Gasteiger partial charge in [-0.2, -0.15) is 0 Å². The van der Waals surface area contributed by atoms with Gasteiger partial charge in [0, 0.05) is 5.88 Å². The summed E-state index contributed by atoms with van der Waals surface area (Å²) in [6.45, 7) is 0. The smallest absolute Gasteiger partial charge is 0.403 e. The standard InChI is InChI=1S/C8H6ClF4NO/c9-3-4-1-5(10)7(14)6(2-4)15-8(11,12)13/h1-2H,3,14H2. The SMILES string of the molecule is Nc1c(F)cc(CCl)cc1OC(F)(F)F. The molecule has 2 N–H and O–H groups in total. The lowest BCUT2D eigenvalue weighted by Gasteiger charge is -2.12. The van der Waals surface area contributed by atoms with Crippen LogP contribution in [0.1, 0.15) is 5.56 Å². The van der Waals surface area contributed by atoms with E-state index in [1.165, 1.54) is 0 Å². The van der Waals surface area contributed by atoms with Gasteiger partial charge in [0.15, 0.2) is 5.75 Å². The van der Waals surface area contributed by atoms with E-state index in [0.29, 0.717) is 0 Å². The number of benzene rings is 1. The van der Waals surface area contributed by atoms with Gasteiger partial charge >= 0.3 is 6.36 Å². The molecule has 1 rings (SSSR count). The van der Waals surface area contributed by atoms with Gasteiger partial charge in [-0.1, -0.05) is 0 Å². The fourth-order valence-electron chi connectivity index (χ4n) is 0.932. The van der Waals surface area contributed by atoms with Crippen molar-refractivity contribution < 1.29 is 22.3 Å². The Morgan fingerprint density at radius 2 is 1.93 bits per heavy atom. The largest absolute Gasteiger partial charge is 0.573 e. The third-order valence-electron chi connectivity index (χ3n) is 1.53. The van der Waals surface area contributed by atoms with Crippen LogP contribution in [0.2, 0.25) is 0 Å². The van der Waals surface area contributed by atoms with Crippen LogP contribution in [0.15, 0.2) is 12.1 Å². The minimum atomic E-state index is -4.91. The van der Waals surface area contributed by atoms with E-state index < -0.39 is 23.6 Å². The lowest BCUT2D eigenvalue weighted by atomic mass is 10.2. The van der Waals surface area contributed by atoms with E-state index in [1.807, 2.05) is 0 Å². The predicted molar refractivity (Wildman–Crippen MR) is 47.1 cm³/mol. The summed E-state index contributed by atoms with van der Waals surface area (Å²) in [5.41, 5.74) is 4.53.